The number of rotatable bonds is 11. The van der Waals surface area contributed by atoms with E-state index in [9.17, 15) is 9.59 Å². The minimum absolute atomic E-state index is 0.0790. The quantitative estimate of drug-likeness (QED) is 0.169. The van der Waals surface area contributed by atoms with Crippen LogP contribution >= 0.6 is 0 Å². The second-order valence-electron chi connectivity index (χ2n) is 14.7. The van der Waals surface area contributed by atoms with Gasteiger partial charge in [0, 0.05) is 44.3 Å². The van der Waals surface area contributed by atoms with Crippen LogP contribution in [0.1, 0.15) is 73.7 Å². The summed E-state index contributed by atoms with van der Waals surface area (Å²) in [6, 6.07) is 28.6. The molecule has 50 heavy (non-hydrogen) atoms. The fourth-order valence-corrected chi connectivity index (χ4v) is 8.91. The van der Waals surface area contributed by atoms with Crippen molar-refractivity contribution in [3.8, 4) is 16.9 Å². The van der Waals surface area contributed by atoms with Gasteiger partial charge < -0.3 is 14.4 Å². The highest BCUT2D eigenvalue weighted by molar-refractivity contribution is 5.76. The predicted octanol–water partition coefficient (Wildman–Crippen LogP) is 7.21. The van der Waals surface area contributed by atoms with Crippen LogP contribution in [0.4, 0.5) is 0 Å². The molecule has 8 heteroatoms. The topological polar surface area (TPSA) is 79.8 Å². The summed E-state index contributed by atoms with van der Waals surface area (Å²) in [4.78, 5) is 32.7. The zero-order chi connectivity index (χ0) is 34.5. The van der Waals surface area contributed by atoms with Gasteiger partial charge >= 0.3 is 5.97 Å². The molecule has 4 aromatic rings. The van der Waals surface area contributed by atoms with E-state index in [1.165, 1.54) is 24.8 Å². The second kappa shape index (κ2) is 15.8. The number of aromatic amines is 1. The standard InChI is InChI=1S/C42H52N4O4/c1-30-39(33-14-8-4-9-15-33)41(47)46(43-30)36-22-24-44(25-23-36)26-35-27-45(28-38(35)32-12-6-3-7-13-32)40(34-16-10-5-11-17-34)42(48)50-29-31-18-20-37(49-2)21-19-31/h3-4,6-9,12-15,18-21,34-36,38,40,43H,5,10-11,16-17,22-29H2,1-2H3/t35-,38+,40+/m0/s1. The molecular formula is C42H52N4O4. The summed E-state index contributed by atoms with van der Waals surface area (Å²) in [5.41, 5.74) is 5.08. The van der Waals surface area contributed by atoms with Crippen LogP contribution in [0.2, 0.25) is 0 Å². The Morgan fingerprint density at radius 2 is 1.54 bits per heavy atom. The van der Waals surface area contributed by atoms with Gasteiger partial charge in [-0.05, 0) is 73.3 Å². The average Bonchev–Trinajstić information content (AvgIpc) is 3.71. The number of likely N-dealkylation sites (tertiary alicyclic amines) is 2. The van der Waals surface area contributed by atoms with E-state index in [0.29, 0.717) is 17.8 Å². The summed E-state index contributed by atoms with van der Waals surface area (Å²) in [6.45, 7) is 6.90. The molecule has 3 aliphatic rings. The number of esters is 1. The zero-order valence-corrected chi connectivity index (χ0v) is 29.6. The van der Waals surface area contributed by atoms with E-state index >= 15 is 0 Å². The van der Waals surface area contributed by atoms with Crippen molar-refractivity contribution in [1.29, 1.82) is 0 Å². The minimum Gasteiger partial charge on any atom is -0.497 e. The van der Waals surface area contributed by atoms with Gasteiger partial charge in [0.1, 0.15) is 18.4 Å². The van der Waals surface area contributed by atoms with Crippen molar-refractivity contribution in [1.82, 2.24) is 19.6 Å². The summed E-state index contributed by atoms with van der Waals surface area (Å²) in [5, 5.41) is 3.41. The van der Waals surface area contributed by atoms with Crippen molar-refractivity contribution in [3.63, 3.8) is 0 Å². The van der Waals surface area contributed by atoms with Crippen LogP contribution in [-0.2, 0) is 16.1 Å². The first-order chi connectivity index (χ1) is 24.5. The van der Waals surface area contributed by atoms with Crippen molar-refractivity contribution in [3.05, 3.63) is 112 Å². The van der Waals surface area contributed by atoms with Crippen LogP contribution in [0.3, 0.4) is 0 Å². The minimum atomic E-state index is -0.225. The zero-order valence-electron chi connectivity index (χ0n) is 29.6. The molecule has 0 radical (unpaired) electrons. The maximum absolute atomic E-state index is 14.1. The molecular weight excluding hydrogens is 624 g/mol. The first kappa shape index (κ1) is 34.3. The number of H-pyrrole nitrogens is 1. The Hall–Kier alpha value is -4.14. The smallest absolute Gasteiger partial charge is 0.323 e. The molecule has 3 fully saturated rings. The Labute approximate surface area is 296 Å². The molecule has 0 bridgehead atoms. The number of piperidine rings is 1. The highest BCUT2D eigenvalue weighted by Gasteiger charge is 2.44. The van der Waals surface area contributed by atoms with Crippen molar-refractivity contribution >= 4 is 5.97 Å². The molecule has 0 amide bonds. The lowest BCUT2D eigenvalue weighted by Gasteiger charge is -2.36. The Morgan fingerprint density at radius 1 is 0.860 bits per heavy atom. The maximum Gasteiger partial charge on any atom is 0.323 e. The Kier molecular flexibility index (Phi) is 10.9. The van der Waals surface area contributed by atoms with Crippen LogP contribution in [0.15, 0.2) is 89.7 Å². The highest BCUT2D eigenvalue weighted by Crippen LogP contribution is 2.39. The molecule has 1 saturated carbocycles. The molecule has 264 valence electrons. The van der Waals surface area contributed by atoms with E-state index in [1.807, 2.05) is 66.2 Å². The average molecular weight is 677 g/mol. The van der Waals surface area contributed by atoms with E-state index in [2.05, 4.69) is 45.2 Å². The van der Waals surface area contributed by atoms with E-state index in [-0.39, 0.29) is 30.2 Å². The monoisotopic (exact) mass is 676 g/mol. The normalized spacial score (nSPS) is 21.6. The lowest BCUT2D eigenvalue weighted by molar-refractivity contribution is -0.154. The van der Waals surface area contributed by atoms with Crippen LogP contribution in [0, 0.1) is 18.8 Å². The van der Waals surface area contributed by atoms with Crippen LogP contribution in [0.5, 0.6) is 5.75 Å². The summed E-state index contributed by atoms with van der Waals surface area (Å²) >= 11 is 0. The number of aryl methyl sites for hydroxylation is 1. The number of nitrogens with zero attached hydrogens (tertiary/aromatic N) is 3. The van der Waals surface area contributed by atoms with Gasteiger partial charge in [-0.1, -0.05) is 92.1 Å². The Morgan fingerprint density at radius 3 is 2.22 bits per heavy atom. The van der Waals surface area contributed by atoms with Crippen molar-refractivity contribution in [2.24, 2.45) is 11.8 Å². The number of hydrogen-bond acceptors (Lipinski definition) is 6. The molecule has 1 N–H and O–H groups in total. The van der Waals surface area contributed by atoms with Gasteiger partial charge in [0.2, 0.25) is 0 Å². The molecule has 2 aliphatic heterocycles. The molecule has 0 unspecified atom stereocenters. The van der Waals surface area contributed by atoms with Gasteiger partial charge in [-0.15, -0.1) is 0 Å². The number of nitrogens with one attached hydrogen (secondary N) is 1. The van der Waals surface area contributed by atoms with Crippen molar-refractivity contribution < 1.29 is 14.3 Å². The summed E-state index contributed by atoms with van der Waals surface area (Å²) in [7, 11) is 1.66. The molecule has 8 nitrogen and oxygen atoms in total. The molecule has 7 rings (SSSR count). The fourth-order valence-electron chi connectivity index (χ4n) is 8.91. The van der Waals surface area contributed by atoms with Crippen LogP contribution in [-0.4, -0.2) is 71.4 Å². The third-order valence-corrected chi connectivity index (χ3v) is 11.5. The van der Waals surface area contributed by atoms with E-state index in [4.69, 9.17) is 9.47 Å². The number of ether oxygens (including phenoxy) is 2. The second-order valence-corrected chi connectivity index (χ2v) is 14.7. The number of carbonyl (C=O) groups is 1. The molecule has 0 spiro atoms. The molecule has 1 aliphatic carbocycles. The van der Waals surface area contributed by atoms with Crippen LogP contribution in [0.25, 0.3) is 11.1 Å². The first-order valence-corrected chi connectivity index (χ1v) is 18.7. The largest absolute Gasteiger partial charge is 0.497 e. The maximum atomic E-state index is 14.1. The third-order valence-electron chi connectivity index (χ3n) is 11.5. The number of aromatic nitrogens is 2. The van der Waals surface area contributed by atoms with Crippen LogP contribution < -0.4 is 10.3 Å². The summed E-state index contributed by atoms with van der Waals surface area (Å²) in [5.74, 6) is 1.78. The predicted molar refractivity (Wildman–Crippen MR) is 197 cm³/mol. The lowest BCUT2D eigenvalue weighted by atomic mass is 9.83. The van der Waals surface area contributed by atoms with Gasteiger partial charge in [0.05, 0.1) is 18.7 Å². The summed E-state index contributed by atoms with van der Waals surface area (Å²) in [6.07, 6.45) is 7.63. The summed E-state index contributed by atoms with van der Waals surface area (Å²) < 4.78 is 13.3. The van der Waals surface area contributed by atoms with Gasteiger partial charge in [-0.3, -0.25) is 19.6 Å². The fraction of sp³-hybridized carbons (Fsp3) is 0.476. The van der Waals surface area contributed by atoms with E-state index < -0.39 is 0 Å². The molecule has 1 aromatic heterocycles. The van der Waals surface area contributed by atoms with Gasteiger partial charge in [-0.2, -0.15) is 0 Å². The molecule has 3 atom stereocenters. The molecule has 2 saturated heterocycles. The number of methoxy groups -OCH3 is 1. The van der Waals surface area contributed by atoms with Gasteiger partial charge in [0.25, 0.3) is 5.56 Å². The number of hydrogen-bond donors (Lipinski definition) is 1. The van der Waals surface area contributed by atoms with Crippen molar-refractivity contribution in [2.45, 2.75) is 76.5 Å². The number of benzene rings is 3. The third kappa shape index (κ3) is 7.62. The van der Waals surface area contributed by atoms with Crippen molar-refractivity contribution in [2.75, 3.05) is 39.8 Å². The Balaban J connectivity index is 1.05. The highest BCUT2D eigenvalue weighted by atomic mass is 16.5. The Bertz CT molecular complexity index is 1740. The van der Waals surface area contributed by atoms with E-state index in [1.54, 1.807) is 7.11 Å². The van der Waals surface area contributed by atoms with Gasteiger partial charge in [0.15, 0.2) is 0 Å². The molecule has 3 aromatic carbocycles. The van der Waals surface area contributed by atoms with E-state index in [0.717, 1.165) is 86.5 Å². The van der Waals surface area contributed by atoms with Gasteiger partial charge in [-0.25, -0.2) is 4.68 Å². The molecule has 3 heterocycles. The first-order valence-electron chi connectivity index (χ1n) is 18.7. The number of carbonyl (C=O) groups excluding carboxylic acids is 1. The SMILES string of the molecule is COc1ccc(COC(=O)[C@@H](C2CCCCC2)N2C[C@H](CN3CCC(n4[nH]c(C)c(-c5ccccc5)c4=O)CC3)[C@@H](c3ccccc3)C2)cc1. The lowest BCUT2D eigenvalue weighted by Crippen LogP contribution is -2.47.